The van der Waals surface area contributed by atoms with Crippen LogP contribution in [-0.4, -0.2) is 28.6 Å². The van der Waals surface area contributed by atoms with Crippen molar-refractivity contribution in [1.82, 2.24) is 4.98 Å². The zero-order valence-electron chi connectivity index (χ0n) is 15.0. The number of nitro groups is 1. The van der Waals surface area contributed by atoms with Crippen molar-refractivity contribution in [1.29, 1.82) is 0 Å². The molecule has 0 fully saturated rings. The van der Waals surface area contributed by atoms with Crippen LogP contribution in [0.2, 0.25) is 5.02 Å². The summed E-state index contributed by atoms with van der Waals surface area (Å²) in [6, 6.07) is 3.84. The summed E-state index contributed by atoms with van der Waals surface area (Å²) in [6.45, 7) is 2.98. The highest BCUT2D eigenvalue weighted by Gasteiger charge is 2.35. The van der Waals surface area contributed by atoms with E-state index in [9.17, 15) is 28.1 Å². The molecule has 1 aromatic heterocycles. The third-order valence-corrected chi connectivity index (χ3v) is 3.79. The average Bonchev–Trinajstić information content (AvgIpc) is 2.62. The van der Waals surface area contributed by atoms with Crippen molar-refractivity contribution in [3.05, 3.63) is 51.2 Å². The fourth-order valence-electron chi connectivity index (χ4n) is 2.13. The molecule has 0 aliphatic carbocycles. The molecule has 0 aliphatic rings. The summed E-state index contributed by atoms with van der Waals surface area (Å²) >= 11 is 5.72. The predicted molar refractivity (Wildman–Crippen MR) is 94.1 cm³/mol. The molecule has 1 heterocycles. The number of nitro benzene ring substituents is 1. The van der Waals surface area contributed by atoms with Gasteiger partial charge in [-0.25, -0.2) is 9.78 Å². The van der Waals surface area contributed by atoms with E-state index in [1.807, 2.05) is 0 Å². The predicted octanol–water partition coefficient (Wildman–Crippen LogP) is 4.78. The lowest BCUT2D eigenvalue weighted by atomic mass is 10.2. The number of carbonyl (C=O) groups is 1. The minimum Gasteiger partial charge on any atom is -0.472 e. The summed E-state index contributed by atoms with van der Waals surface area (Å²) in [5, 5.41) is 10.4. The van der Waals surface area contributed by atoms with Crippen molar-refractivity contribution < 1.29 is 37.1 Å². The highest BCUT2D eigenvalue weighted by Crippen LogP contribution is 2.40. The molecule has 29 heavy (non-hydrogen) atoms. The van der Waals surface area contributed by atoms with E-state index in [0.29, 0.717) is 6.07 Å². The van der Waals surface area contributed by atoms with E-state index in [-0.39, 0.29) is 18.1 Å². The van der Waals surface area contributed by atoms with Crippen molar-refractivity contribution in [2.75, 3.05) is 6.61 Å². The zero-order chi connectivity index (χ0) is 21.8. The first-order chi connectivity index (χ1) is 13.5. The number of carbonyl (C=O) groups excluding carboxylic acids is 1. The monoisotopic (exact) mass is 434 g/mol. The fraction of sp³-hybridized carbons (Fsp3) is 0.294. The lowest BCUT2D eigenvalue weighted by Crippen LogP contribution is -2.26. The van der Waals surface area contributed by atoms with Gasteiger partial charge in [0, 0.05) is 18.3 Å². The molecule has 8 nitrogen and oxygen atoms in total. The second-order valence-corrected chi connectivity index (χ2v) is 5.85. The molecule has 0 aliphatic heterocycles. The summed E-state index contributed by atoms with van der Waals surface area (Å²) in [5.41, 5.74) is -1.64. The molecular weight excluding hydrogens is 421 g/mol. The van der Waals surface area contributed by atoms with Crippen molar-refractivity contribution >= 4 is 23.3 Å². The Bertz CT molecular complexity index is 923. The number of esters is 1. The Kier molecular flexibility index (Phi) is 6.85. The van der Waals surface area contributed by atoms with E-state index in [1.54, 1.807) is 6.92 Å². The summed E-state index contributed by atoms with van der Waals surface area (Å²) in [6.07, 6.45) is -5.05. The third kappa shape index (κ3) is 5.47. The minimum atomic E-state index is -4.73. The fourth-order valence-corrected chi connectivity index (χ4v) is 2.39. The molecule has 0 bridgehead atoms. The van der Waals surface area contributed by atoms with Crippen LogP contribution < -0.4 is 9.47 Å². The molecule has 2 aromatic rings. The Morgan fingerprint density at radius 1 is 1.34 bits per heavy atom. The van der Waals surface area contributed by atoms with Crippen LogP contribution >= 0.6 is 11.6 Å². The van der Waals surface area contributed by atoms with E-state index in [1.165, 1.54) is 6.92 Å². The Hall–Kier alpha value is -3.08. The van der Waals surface area contributed by atoms with E-state index < -0.39 is 45.3 Å². The average molecular weight is 435 g/mol. The number of alkyl halides is 3. The van der Waals surface area contributed by atoms with Crippen LogP contribution in [0.4, 0.5) is 18.9 Å². The maximum absolute atomic E-state index is 12.9. The van der Waals surface area contributed by atoms with Crippen LogP contribution in [0, 0.1) is 10.1 Å². The minimum absolute atomic E-state index is 0.0808. The number of hydrogen-bond acceptors (Lipinski definition) is 7. The maximum Gasteiger partial charge on any atom is 0.418 e. The van der Waals surface area contributed by atoms with Crippen LogP contribution in [-0.2, 0) is 15.7 Å². The highest BCUT2D eigenvalue weighted by molar-refractivity contribution is 6.32. The van der Waals surface area contributed by atoms with E-state index in [0.717, 1.165) is 24.4 Å². The van der Waals surface area contributed by atoms with Gasteiger partial charge in [-0.2, -0.15) is 13.2 Å². The molecule has 1 aromatic carbocycles. The second-order valence-electron chi connectivity index (χ2n) is 5.48. The van der Waals surface area contributed by atoms with Crippen LogP contribution in [0.5, 0.6) is 17.4 Å². The van der Waals surface area contributed by atoms with Gasteiger partial charge in [0.1, 0.15) is 10.8 Å². The molecule has 156 valence electrons. The molecule has 12 heteroatoms. The van der Waals surface area contributed by atoms with Crippen molar-refractivity contribution in [3.8, 4) is 17.4 Å². The van der Waals surface area contributed by atoms with E-state index in [4.69, 9.17) is 25.8 Å². The van der Waals surface area contributed by atoms with Gasteiger partial charge < -0.3 is 14.2 Å². The lowest BCUT2D eigenvalue weighted by molar-refractivity contribution is -0.386. The van der Waals surface area contributed by atoms with Gasteiger partial charge in [0.25, 0.3) is 0 Å². The van der Waals surface area contributed by atoms with E-state index in [2.05, 4.69) is 4.98 Å². The molecule has 0 amide bonds. The quantitative estimate of drug-likeness (QED) is 0.351. The summed E-state index contributed by atoms with van der Waals surface area (Å²) in [5.74, 6) is -1.80. The number of pyridine rings is 1. The number of halogens is 4. The van der Waals surface area contributed by atoms with Crippen molar-refractivity contribution in [3.63, 3.8) is 0 Å². The molecule has 2 rings (SSSR count). The third-order valence-electron chi connectivity index (χ3n) is 3.43. The Morgan fingerprint density at radius 2 is 2.03 bits per heavy atom. The number of aromatic nitrogens is 1. The molecule has 1 unspecified atom stereocenters. The smallest absolute Gasteiger partial charge is 0.418 e. The van der Waals surface area contributed by atoms with Crippen LogP contribution in [0.3, 0.4) is 0 Å². The molecule has 1 atom stereocenters. The number of benzene rings is 1. The maximum atomic E-state index is 12.9. The number of ether oxygens (including phenoxy) is 3. The molecule has 0 saturated carbocycles. The topological polar surface area (TPSA) is 101 Å². The van der Waals surface area contributed by atoms with Gasteiger partial charge in [0.2, 0.25) is 11.6 Å². The summed E-state index contributed by atoms with van der Waals surface area (Å²) < 4.78 is 54.1. The van der Waals surface area contributed by atoms with Gasteiger partial charge in [0.05, 0.1) is 17.1 Å². The Labute approximate surface area is 167 Å². The van der Waals surface area contributed by atoms with Crippen molar-refractivity contribution in [2.45, 2.75) is 26.1 Å². The SMILES string of the molecule is CCOC(=O)C(C)Oc1cc(Oc2nccc(C(F)(F)F)c2Cl)ccc1[N+](=O)[O-]. The lowest BCUT2D eigenvalue weighted by Gasteiger charge is -2.15. The number of hydrogen-bond donors (Lipinski definition) is 0. The zero-order valence-corrected chi connectivity index (χ0v) is 15.8. The first-order valence-corrected chi connectivity index (χ1v) is 8.43. The van der Waals surface area contributed by atoms with Crippen LogP contribution in [0.25, 0.3) is 0 Å². The van der Waals surface area contributed by atoms with Crippen molar-refractivity contribution in [2.24, 2.45) is 0 Å². The summed E-state index contributed by atoms with van der Waals surface area (Å²) in [7, 11) is 0. The normalized spacial score (nSPS) is 12.2. The summed E-state index contributed by atoms with van der Waals surface area (Å²) in [4.78, 5) is 25.8. The Balaban J connectivity index is 2.36. The number of nitrogens with zero attached hydrogens (tertiary/aromatic N) is 2. The van der Waals surface area contributed by atoms with E-state index >= 15 is 0 Å². The van der Waals surface area contributed by atoms with Crippen LogP contribution in [0.1, 0.15) is 19.4 Å². The molecule has 0 spiro atoms. The first-order valence-electron chi connectivity index (χ1n) is 8.05. The molecule has 0 N–H and O–H groups in total. The van der Waals surface area contributed by atoms with Gasteiger partial charge in [-0.3, -0.25) is 10.1 Å². The second kappa shape index (κ2) is 8.95. The highest BCUT2D eigenvalue weighted by atomic mass is 35.5. The molecular formula is C17H14ClF3N2O6. The van der Waals surface area contributed by atoms with Gasteiger partial charge >= 0.3 is 17.8 Å². The first kappa shape index (κ1) is 22.2. The standard InChI is InChI=1S/C17H14ClF3N2O6/c1-3-27-16(24)9(2)28-13-8-10(4-5-12(13)23(25)26)29-15-14(18)11(6-7-22-15)17(19,20)21/h4-9H,3H2,1-2H3. The number of rotatable bonds is 7. The van der Waals surface area contributed by atoms with Gasteiger partial charge in [-0.1, -0.05) is 11.6 Å². The van der Waals surface area contributed by atoms with Gasteiger partial charge in [0.15, 0.2) is 6.10 Å². The molecule has 0 saturated heterocycles. The Morgan fingerprint density at radius 3 is 2.62 bits per heavy atom. The largest absolute Gasteiger partial charge is 0.472 e. The molecule has 0 radical (unpaired) electrons. The van der Waals surface area contributed by atoms with Gasteiger partial charge in [-0.05, 0) is 26.0 Å². The van der Waals surface area contributed by atoms with Crippen LogP contribution in [0.15, 0.2) is 30.5 Å². The van der Waals surface area contributed by atoms with Gasteiger partial charge in [-0.15, -0.1) is 0 Å².